The van der Waals surface area contributed by atoms with Crippen LogP contribution in [0, 0.1) is 5.92 Å². The van der Waals surface area contributed by atoms with Crippen LogP contribution in [0.4, 0.5) is 0 Å². The number of rotatable bonds is 2. The Morgan fingerprint density at radius 1 is 1.24 bits per heavy atom. The van der Waals surface area contributed by atoms with Gasteiger partial charge in [-0.25, -0.2) is 0 Å². The Morgan fingerprint density at radius 3 is 3.05 bits per heavy atom. The Bertz CT molecular complexity index is 462. The molecule has 0 radical (unpaired) electrons. The van der Waals surface area contributed by atoms with Gasteiger partial charge < -0.3 is 5.32 Å². The summed E-state index contributed by atoms with van der Waals surface area (Å²) in [5.74, 6) is 0.454. The molecule has 114 valence electrons. The minimum Gasteiger partial charge on any atom is -0.356 e. The number of fused-ring (bicyclic) bond motifs is 1. The molecule has 1 aliphatic carbocycles. The largest absolute Gasteiger partial charge is 0.356 e. The molecule has 1 saturated carbocycles. The van der Waals surface area contributed by atoms with Gasteiger partial charge in [0.2, 0.25) is 5.91 Å². The molecule has 1 saturated heterocycles. The van der Waals surface area contributed by atoms with Crippen molar-refractivity contribution in [2.45, 2.75) is 51.1 Å². The van der Waals surface area contributed by atoms with E-state index in [1.165, 1.54) is 24.8 Å². The molecule has 2 heterocycles. The number of pyridine rings is 1. The zero-order valence-electron chi connectivity index (χ0n) is 12.6. The van der Waals surface area contributed by atoms with E-state index in [2.05, 4.69) is 21.3 Å². The first kappa shape index (κ1) is 14.5. The molecule has 1 aromatic heterocycles. The highest BCUT2D eigenvalue weighted by Gasteiger charge is 2.36. The quantitative estimate of drug-likeness (QED) is 0.908. The molecule has 0 aromatic carbocycles. The van der Waals surface area contributed by atoms with E-state index in [0.29, 0.717) is 6.04 Å². The zero-order valence-corrected chi connectivity index (χ0v) is 12.6. The number of nitrogens with zero attached hydrogens (tertiary/aromatic N) is 2. The second-order valence-electron chi connectivity index (χ2n) is 6.29. The van der Waals surface area contributed by atoms with Crippen LogP contribution in [-0.2, 0) is 11.3 Å². The third-order valence-electron chi connectivity index (χ3n) is 4.82. The Labute approximate surface area is 126 Å². The molecule has 0 unspecified atom stereocenters. The first-order valence-electron chi connectivity index (χ1n) is 8.25. The minimum atomic E-state index is 0.180. The molecule has 1 aromatic rings. The van der Waals surface area contributed by atoms with Gasteiger partial charge in [0.05, 0.1) is 5.92 Å². The molecular formula is C17H25N3O. The van der Waals surface area contributed by atoms with Gasteiger partial charge in [-0.05, 0) is 43.9 Å². The van der Waals surface area contributed by atoms with Crippen LogP contribution < -0.4 is 5.32 Å². The maximum absolute atomic E-state index is 12.4. The first-order chi connectivity index (χ1) is 10.3. The van der Waals surface area contributed by atoms with E-state index in [9.17, 15) is 4.79 Å². The van der Waals surface area contributed by atoms with Crippen LogP contribution in [0.3, 0.4) is 0 Å². The van der Waals surface area contributed by atoms with E-state index in [1.807, 2.05) is 18.5 Å². The molecule has 0 bridgehead atoms. The van der Waals surface area contributed by atoms with Gasteiger partial charge >= 0.3 is 0 Å². The highest BCUT2D eigenvalue weighted by molar-refractivity contribution is 5.79. The first-order valence-corrected chi connectivity index (χ1v) is 8.25. The predicted molar refractivity (Wildman–Crippen MR) is 82.6 cm³/mol. The van der Waals surface area contributed by atoms with Crippen LogP contribution in [0.25, 0.3) is 0 Å². The van der Waals surface area contributed by atoms with Gasteiger partial charge in [0, 0.05) is 31.5 Å². The van der Waals surface area contributed by atoms with Crippen molar-refractivity contribution in [2.24, 2.45) is 5.92 Å². The van der Waals surface area contributed by atoms with E-state index >= 15 is 0 Å². The topological polar surface area (TPSA) is 45.2 Å². The lowest BCUT2D eigenvalue weighted by Crippen LogP contribution is -2.45. The van der Waals surface area contributed by atoms with Crippen molar-refractivity contribution in [3.05, 3.63) is 30.1 Å². The second-order valence-corrected chi connectivity index (χ2v) is 6.29. The molecule has 4 heteroatoms. The lowest BCUT2D eigenvalue weighted by molar-refractivity contribution is -0.126. The summed E-state index contributed by atoms with van der Waals surface area (Å²) in [6.45, 7) is 2.87. The fraction of sp³-hybridized carbons (Fsp3) is 0.647. The van der Waals surface area contributed by atoms with Crippen molar-refractivity contribution in [1.82, 2.24) is 15.2 Å². The van der Waals surface area contributed by atoms with Gasteiger partial charge in [-0.15, -0.1) is 0 Å². The fourth-order valence-corrected chi connectivity index (χ4v) is 3.73. The molecule has 2 aliphatic rings. The minimum absolute atomic E-state index is 0.180. The van der Waals surface area contributed by atoms with Crippen LogP contribution in [0.15, 0.2) is 24.5 Å². The summed E-state index contributed by atoms with van der Waals surface area (Å²) >= 11 is 0. The molecule has 2 fully saturated rings. The Hall–Kier alpha value is -1.42. The average molecular weight is 287 g/mol. The number of carbonyl (C=O) groups is 1. The number of hydrogen-bond acceptors (Lipinski definition) is 3. The summed E-state index contributed by atoms with van der Waals surface area (Å²) < 4.78 is 0. The number of carbonyl (C=O) groups excluding carboxylic acids is 1. The Morgan fingerprint density at radius 2 is 2.19 bits per heavy atom. The SMILES string of the molecule is O=C1NCCCCCN(Cc2cccnc2)[C@H]2CCC[C@@H]12. The van der Waals surface area contributed by atoms with Gasteiger partial charge in [-0.2, -0.15) is 0 Å². The van der Waals surface area contributed by atoms with Crippen molar-refractivity contribution in [1.29, 1.82) is 0 Å². The standard InChI is InChI=1S/C17H25N3O/c21-17-15-7-4-8-16(15)20(11-3-1-2-10-19-17)13-14-6-5-9-18-12-14/h5-6,9,12,15-16H,1-4,7-8,10-11,13H2,(H,19,21)/t15-,16+/m1/s1. The summed E-state index contributed by atoms with van der Waals surface area (Å²) in [6.07, 6.45) is 10.6. The third kappa shape index (κ3) is 3.62. The van der Waals surface area contributed by atoms with E-state index in [4.69, 9.17) is 0 Å². The van der Waals surface area contributed by atoms with E-state index in [1.54, 1.807) is 0 Å². The van der Waals surface area contributed by atoms with Gasteiger partial charge in [0.15, 0.2) is 0 Å². The molecule has 4 nitrogen and oxygen atoms in total. The Balaban J connectivity index is 1.75. The number of nitrogens with one attached hydrogen (secondary N) is 1. The molecule has 1 aliphatic heterocycles. The van der Waals surface area contributed by atoms with Crippen molar-refractivity contribution in [2.75, 3.05) is 13.1 Å². The van der Waals surface area contributed by atoms with Crippen molar-refractivity contribution in [3.8, 4) is 0 Å². The van der Waals surface area contributed by atoms with Crippen molar-refractivity contribution < 1.29 is 4.79 Å². The lowest BCUT2D eigenvalue weighted by Gasteiger charge is -2.33. The van der Waals surface area contributed by atoms with E-state index in [0.717, 1.165) is 38.9 Å². The summed E-state index contributed by atoms with van der Waals surface area (Å²) in [7, 11) is 0. The van der Waals surface area contributed by atoms with Crippen LogP contribution in [-0.4, -0.2) is 34.9 Å². The van der Waals surface area contributed by atoms with Crippen molar-refractivity contribution >= 4 is 5.91 Å². The van der Waals surface area contributed by atoms with Gasteiger partial charge in [0.25, 0.3) is 0 Å². The average Bonchev–Trinajstić information content (AvgIpc) is 2.99. The molecule has 1 amide bonds. The van der Waals surface area contributed by atoms with Crippen molar-refractivity contribution in [3.63, 3.8) is 0 Å². The molecule has 21 heavy (non-hydrogen) atoms. The zero-order chi connectivity index (χ0) is 14.5. The van der Waals surface area contributed by atoms with Crippen LogP contribution in [0.2, 0.25) is 0 Å². The predicted octanol–water partition coefficient (Wildman–Crippen LogP) is 2.35. The lowest BCUT2D eigenvalue weighted by atomic mass is 9.99. The Kier molecular flexibility index (Phi) is 4.86. The third-order valence-corrected chi connectivity index (χ3v) is 4.82. The summed E-state index contributed by atoms with van der Waals surface area (Å²) in [6, 6.07) is 4.54. The summed E-state index contributed by atoms with van der Waals surface area (Å²) in [4.78, 5) is 19.1. The van der Waals surface area contributed by atoms with E-state index in [-0.39, 0.29) is 11.8 Å². The molecule has 2 atom stereocenters. The second kappa shape index (κ2) is 7.03. The number of hydrogen-bond donors (Lipinski definition) is 1. The number of aromatic nitrogens is 1. The normalized spacial score (nSPS) is 27.9. The monoisotopic (exact) mass is 287 g/mol. The number of amides is 1. The smallest absolute Gasteiger partial charge is 0.224 e. The van der Waals surface area contributed by atoms with Crippen LogP contribution in [0.5, 0.6) is 0 Å². The molecular weight excluding hydrogens is 262 g/mol. The van der Waals surface area contributed by atoms with Crippen LogP contribution in [0.1, 0.15) is 44.1 Å². The van der Waals surface area contributed by atoms with Gasteiger partial charge in [-0.1, -0.05) is 18.9 Å². The fourth-order valence-electron chi connectivity index (χ4n) is 3.73. The highest BCUT2D eigenvalue weighted by Crippen LogP contribution is 2.31. The molecule has 0 spiro atoms. The maximum Gasteiger partial charge on any atom is 0.224 e. The molecule has 1 N–H and O–H groups in total. The maximum atomic E-state index is 12.4. The van der Waals surface area contributed by atoms with Gasteiger partial charge in [-0.3, -0.25) is 14.7 Å². The highest BCUT2D eigenvalue weighted by atomic mass is 16.1. The van der Waals surface area contributed by atoms with E-state index < -0.39 is 0 Å². The summed E-state index contributed by atoms with van der Waals surface area (Å²) in [5.41, 5.74) is 1.25. The van der Waals surface area contributed by atoms with Crippen LogP contribution >= 0.6 is 0 Å². The summed E-state index contributed by atoms with van der Waals surface area (Å²) in [5, 5.41) is 3.13. The van der Waals surface area contributed by atoms with Gasteiger partial charge in [0.1, 0.15) is 0 Å². The molecule has 3 rings (SSSR count).